The SMILES string of the molecule is Cc1ccc(C(C)N(C)C(C)C#N)s1. The molecule has 2 unspecified atom stereocenters. The maximum atomic E-state index is 8.82. The summed E-state index contributed by atoms with van der Waals surface area (Å²) < 4.78 is 0. The molecule has 76 valence electrons. The van der Waals surface area contributed by atoms with Crippen LogP contribution >= 0.6 is 11.3 Å². The summed E-state index contributed by atoms with van der Waals surface area (Å²) in [5.41, 5.74) is 0. The lowest BCUT2D eigenvalue weighted by Gasteiger charge is -2.25. The normalized spacial score (nSPS) is 15.1. The number of hydrogen-bond acceptors (Lipinski definition) is 3. The maximum absolute atomic E-state index is 8.82. The minimum atomic E-state index is -0.0348. The maximum Gasteiger partial charge on any atom is 0.0952 e. The van der Waals surface area contributed by atoms with Gasteiger partial charge in [-0.1, -0.05) is 0 Å². The molecule has 1 rings (SSSR count). The fourth-order valence-electron chi connectivity index (χ4n) is 1.31. The van der Waals surface area contributed by atoms with Crippen molar-refractivity contribution < 1.29 is 0 Å². The van der Waals surface area contributed by atoms with Gasteiger partial charge >= 0.3 is 0 Å². The highest BCUT2D eigenvalue weighted by atomic mass is 32.1. The first kappa shape index (κ1) is 11.2. The van der Waals surface area contributed by atoms with Crippen LogP contribution in [-0.4, -0.2) is 18.0 Å². The second-order valence-corrected chi connectivity index (χ2v) is 4.91. The van der Waals surface area contributed by atoms with E-state index in [1.54, 1.807) is 11.3 Å². The Hall–Kier alpha value is -0.850. The molecule has 0 radical (unpaired) electrons. The Bertz CT molecular complexity index is 337. The minimum absolute atomic E-state index is 0.0348. The van der Waals surface area contributed by atoms with Crippen molar-refractivity contribution in [3.8, 4) is 6.07 Å². The highest BCUT2D eigenvalue weighted by Gasteiger charge is 2.17. The van der Waals surface area contributed by atoms with E-state index < -0.39 is 0 Å². The third-order valence-corrected chi connectivity index (χ3v) is 3.75. The van der Waals surface area contributed by atoms with Crippen LogP contribution in [0.3, 0.4) is 0 Å². The summed E-state index contributed by atoms with van der Waals surface area (Å²) in [6, 6.07) is 6.81. The summed E-state index contributed by atoms with van der Waals surface area (Å²) in [5, 5.41) is 8.82. The molecule has 0 saturated carbocycles. The first-order valence-electron chi connectivity index (χ1n) is 4.74. The quantitative estimate of drug-likeness (QED) is 0.763. The van der Waals surface area contributed by atoms with Crippen molar-refractivity contribution >= 4 is 11.3 Å². The molecule has 0 aromatic carbocycles. The topological polar surface area (TPSA) is 27.0 Å². The fourth-order valence-corrected chi connectivity index (χ4v) is 2.29. The Morgan fingerprint density at radius 2 is 2.07 bits per heavy atom. The van der Waals surface area contributed by atoms with Crippen LogP contribution in [0.2, 0.25) is 0 Å². The monoisotopic (exact) mass is 208 g/mol. The molecule has 14 heavy (non-hydrogen) atoms. The number of thiophene rings is 1. The Morgan fingerprint density at radius 3 is 2.50 bits per heavy atom. The number of aryl methyl sites for hydroxylation is 1. The molecule has 0 spiro atoms. The van der Waals surface area contributed by atoms with E-state index in [1.165, 1.54) is 9.75 Å². The first-order chi connectivity index (χ1) is 6.56. The zero-order valence-corrected chi connectivity index (χ0v) is 9.93. The van der Waals surface area contributed by atoms with Crippen molar-refractivity contribution in [1.82, 2.24) is 4.90 Å². The van der Waals surface area contributed by atoms with E-state index in [0.717, 1.165) is 0 Å². The van der Waals surface area contributed by atoms with Gasteiger partial charge in [0, 0.05) is 15.8 Å². The predicted molar refractivity (Wildman–Crippen MR) is 60.3 cm³/mol. The molecule has 0 bridgehead atoms. The summed E-state index contributed by atoms with van der Waals surface area (Å²) in [6.07, 6.45) is 0. The summed E-state index contributed by atoms with van der Waals surface area (Å²) in [7, 11) is 1.99. The summed E-state index contributed by atoms with van der Waals surface area (Å²) >= 11 is 1.80. The second kappa shape index (κ2) is 4.59. The molecule has 2 atom stereocenters. The molecule has 0 aliphatic carbocycles. The summed E-state index contributed by atoms with van der Waals surface area (Å²) in [4.78, 5) is 4.74. The molecule has 0 fully saturated rings. The van der Waals surface area contributed by atoms with E-state index in [9.17, 15) is 0 Å². The average Bonchev–Trinajstić information content (AvgIpc) is 2.61. The molecule has 0 amide bonds. The zero-order valence-electron chi connectivity index (χ0n) is 9.11. The fraction of sp³-hybridized carbons (Fsp3) is 0.545. The van der Waals surface area contributed by atoms with Crippen LogP contribution < -0.4 is 0 Å². The first-order valence-corrected chi connectivity index (χ1v) is 5.55. The molecule has 0 saturated heterocycles. The largest absolute Gasteiger partial charge is 0.284 e. The van der Waals surface area contributed by atoms with Crippen molar-refractivity contribution in [2.45, 2.75) is 32.9 Å². The number of hydrogen-bond donors (Lipinski definition) is 0. The molecule has 3 heteroatoms. The predicted octanol–water partition coefficient (Wildman–Crippen LogP) is 2.96. The highest BCUT2D eigenvalue weighted by molar-refractivity contribution is 7.12. The van der Waals surface area contributed by atoms with Gasteiger partial charge in [-0.3, -0.25) is 4.90 Å². The van der Waals surface area contributed by atoms with Crippen LogP contribution in [0.15, 0.2) is 12.1 Å². The average molecular weight is 208 g/mol. The van der Waals surface area contributed by atoms with Crippen LogP contribution in [0.4, 0.5) is 0 Å². The lowest BCUT2D eigenvalue weighted by atomic mass is 10.2. The molecule has 2 nitrogen and oxygen atoms in total. The van der Waals surface area contributed by atoms with Crippen molar-refractivity contribution in [3.05, 3.63) is 21.9 Å². The van der Waals surface area contributed by atoms with Gasteiger partial charge in [0.25, 0.3) is 0 Å². The van der Waals surface area contributed by atoms with Gasteiger partial charge in [-0.25, -0.2) is 0 Å². The third kappa shape index (κ3) is 2.34. The Kier molecular flexibility index (Phi) is 3.68. The molecular weight excluding hydrogens is 192 g/mol. The van der Waals surface area contributed by atoms with Crippen molar-refractivity contribution in [1.29, 1.82) is 5.26 Å². The zero-order chi connectivity index (χ0) is 10.7. The Labute approximate surface area is 89.8 Å². The van der Waals surface area contributed by atoms with Gasteiger partial charge in [-0.05, 0) is 40.0 Å². The lowest BCUT2D eigenvalue weighted by Crippen LogP contribution is -2.29. The number of nitrogens with zero attached hydrogens (tertiary/aromatic N) is 2. The number of nitriles is 1. The number of rotatable bonds is 3. The summed E-state index contributed by atoms with van der Waals surface area (Å²) in [6.45, 7) is 6.17. The van der Waals surface area contributed by atoms with Crippen LogP contribution in [0, 0.1) is 18.3 Å². The second-order valence-electron chi connectivity index (χ2n) is 3.59. The van der Waals surface area contributed by atoms with Gasteiger partial charge < -0.3 is 0 Å². The molecule has 0 N–H and O–H groups in total. The lowest BCUT2D eigenvalue weighted by molar-refractivity contribution is 0.237. The van der Waals surface area contributed by atoms with Crippen molar-refractivity contribution in [3.63, 3.8) is 0 Å². The molecule has 0 aliphatic rings. The van der Waals surface area contributed by atoms with Crippen LogP contribution in [-0.2, 0) is 0 Å². The molecular formula is C11H16N2S. The van der Waals surface area contributed by atoms with Crippen LogP contribution in [0.1, 0.15) is 29.6 Å². The van der Waals surface area contributed by atoms with E-state index in [0.29, 0.717) is 6.04 Å². The van der Waals surface area contributed by atoms with E-state index in [1.807, 2.05) is 14.0 Å². The smallest absolute Gasteiger partial charge is 0.0952 e. The molecule has 1 aromatic heterocycles. The van der Waals surface area contributed by atoms with Crippen molar-refractivity contribution in [2.24, 2.45) is 0 Å². The standard InChI is InChI=1S/C11H16N2S/c1-8(7-12)13(4)10(3)11-6-5-9(2)14-11/h5-6,8,10H,1-4H3. The van der Waals surface area contributed by atoms with E-state index in [-0.39, 0.29) is 6.04 Å². The Morgan fingerprint density at radius 1 is 1.43 bits per heavy atom. The van der Waals surface area contributed by atoms with Gasteiger partial charge in [-0.2, -0.15) is 5.26 Å². The minimum Gasteiger partial charge on any atom is -0.284 e. The van der Waals surface area contributed by atoms with Crippen molar-refractivity contribution in [2.75, 3.05) is 7.05 Å². The van der Waals surface area contributed by atoms with E-state index in [4.69, 9.17) is 5.26 Å². The van der Waals surface area contributed by atoms with Gasteiger partial charge in [0.1, 0.15) is 0 Å². The van der Waals surface area contributed by atoms with Gasteiger partial charge in [0.05, 0.1) is 12.1 Å². The summed E-state index contributed by atoms with van der Waals surface area (Å²) in [5.74, 6) is 0. The Balaban J connectivity index is 2.76. The van der Waals surface area contributed by atoms with E-state index >= 15 is 0 Å². The van der Waals surface area contributed by atoms with Gasteiger partial charge in [0.2, 0.25) is 0 Å². The van der Waals surface area contributed by atoms with Crippen LogP contribution in [0.25, 0.3) is 0 Å². The van der Waals surface area contributed by atoms with Crippen LogP contribution in [0.5, 0.6) is 0 Å². The van der Waals surface area contributed by atoms with Gasteiger partial charge in [0.15, 0.2) is 0 Å². The van der Waals surface area contributed by atoms with E-state index in [2.05, 4.69) is 36.9 Å². The van der Waals surface area contributed by atoms with Gasteiger partial charge in [-0.15, -0.1) is 11.3 Å². The molecule has 0 aliphatic heterocycles. The third-order valence-electron chi connectivity index (χ3n) is 2.58. The highest BCUT2D eigenvalue weighted by Crippen LogP contribution is 2.27. The molecule has 1 aromatic rings. The molecule has 1 heterocycles.